The normalized spacial score (nSPS) is 14.7. The van der Waals surface area contributed by atoms with Gasteiger partial charge in [-0.15, -0.1) is 0 Å². The molecule has 0 aromatic carbocycles. The van der Waals surface area contributed by atoms with Crippen molar-refractivity contribution in [2.24, 2.45) is 0 Å². The van der Waals surface area contributed by atoms with Gasteiger partial charge in [-0.2, -0.15) is 0 Å². The minimum atomic E-state index is 1.75. The van der Waals surface area contributed by atoms with Gasteiger partial charge in [0.05, 0.1) is 6.08 Å². The molecule has 1 radical (unpaired) electrons. The van der Waals surface area contributed by atoms with Crippen LogP contribution in [0.5, 0.6) is 0 Å². The molecule has 0 heterocycles. The molecule has 0 heteroatoms. The molecule has 0 saturated carbocycles. The Morgan fingerprint density at radius 1 is 1.50 bits per heavy atom. The maximum atomic E-state index is 2.84. The minimum Gasteiger partial charge on any atom is 0.0415 e. The number of hydrogen-bond donors (Lipinski definition) is 0. The van der Waals surface area contributed by atoms with Crippen molar-refractivity contribution < 1.29 is 0 Å². The lowest BCUT2D eigenvalue weighted by Crippen LogP contribution is -1.59. The van der Waals surface area contributed by atoms with Crippen LogP contribution in [-0.4, -0.2) is 0 Å². The Labute approximate surface area is 37.5 Å². The third-order valence-corrected chi connectivity index (χ3v) is 0.552. The maximum Gasteiger partial charge on any atom is 0.149 e. The Hall–Kier alpha value is -0.870. The fraction of sp³-hybridized carbons (Fsp3) is 0. The van der Waals surface area contributed by atoms with Crippen LogP contribution in [0.3, 0.4) is 0 Å². The Kier molecular flexibility index (Phi) is 0.852. The van der Waals surface area contributed by atoms with Gasteiger partial charge in [-0.05, 0) is 0 Å². The molecule has 0 aromatic rings. The van der Waals surface area contributed by atoms with Gasteiger partial charge in [-0.3, -0.25) is 0 Å². The number of hydrogen-bond acceptors (Lipinski definition) is 0. The zero-order valence-corrected chi connectivity index (χ0v) is 3.31. The summed E-state index contributed by atoms with van der Waals surface area (Å²) in [6, 6.07) is 0. The molecule has 1 rings (SSSR count). The first kappa shape index (κ1) is 3.32. The van der Waals surface area contributed by atoms with Gasteiger partial charge in [0, 0.05) is 11.8 Å². The molecule has 0 N–H and O–H groups in total. The smallest absolute Gasteiger partial charge is 0.0415 e. The molecule has 0 nitrogen and oxygen atoms in total. The van der Waals surface area contributed by atoms with E-state index in [0.29, 0.717) is 0 Å². The van der Waals surface area contributed by atoms with E-state index in [1.54, 1.807) is 6.08 Å². The molecule has 0 fully saturated rings. The third kappa shape index (κ3) is 0.540. The molecule has 0 amide bonds. The zero-order valence-electron chi connectivity index (χ0n) is 3.31. The van der Waals surface area contributed by atoms with Crippen LogP contribution in [0, 0.1) is 6.42 Å². The van der Waals surface area contributed by atoms with Crippen molar-refractivity contribution in [1.29, 1.82) is 0 Å². The lowest BCUT2D eigenvalue weighted by molar-refractivity contribution is 1.71. The lowest BCUT2D eigenvalue weighted by atomic mass is 10.3. The van der Waals surface area contributed by atoms with Crippen LogP contribution in [0.4, 0.5) is 0 Å². The second-order valence-electron chi connectivity index (χ2n) is 1.00. The van der Waals surface area contributed by atoms with Crippen molar-refractivity contribution in [2.45, 2.75) is 0 Å². The van der Waals surface area contributed by atoms with E-state index in [1.165, 1.54) is 0 Å². The van der Waals surface area contributed by atoms with Crippen molar-refractivity contribution >= 4 is 0 Å². The van der Waals surface area contributed by atoms with Crippen LogP contribution in [0.2, 0.25) is 0 Å². The standard InChI is InChI=1S/C6H4/c1-2-4-6-5-3-1/h1-3,6H/q+1. The summed E-state index contributed by atoms with van der Waals surface area (Å²) in [6.45, 7) is 0. The first-order valence-electron chi connectivity index (χ1n) is 1.82. The zero-order chi connectivity index (χ0) is 4.24. The van der Waals surface area contributed by atoms with Crippen LogP contribution in [-0.2, 0) is 0 Å². The topological polar surface area (TPSA) is 0 Å². The second-order valence-corrected chi connectivity index (χ2v) is 1.00. The van der Waals surface area contributed by atoms with Gasteiger partial charge in [0.25, 0.3) is 0 Å². The van der Waals surface area contributed by atoms with E-state index >= 15 is 0 Å². The van der Waals surface area contributed by atoms with Crippen LogP contribution in [0.1, 0.15) is 0 Å². The highest BCUT2D eigenvalue weighted by molar-refractivity contribution is 5.19. The van der Waals surface area contributed by atoms with Gasteiger partial charge in [-0.25, -0.2) is 0 Å². The summed E-state index contributed by atoms with van der Waals surface area (Å²) >= 11 is 0. The highest BCUT2D eigenvalue weighted by Crippen LogP contribution is 1.87. The van der Waals surface area contributed by atoms with E-state index in [2.05, 4.69) is 12.2 Å². The fourth-order valence-corrected chi connectivity index (χ4v) is 0.304. The average Bonchev–Trinajstić information content (AvgIpc) is 1.72. The molecular formula is C6H4+. The van der Waals surface area contributed by atoms with Crippen LogP contribution in [0.15, 0.2) is 30.0 Å². The molecule has 27 valence electrons. The Balaban J connectivity index is 2.78. The number of rotatable bonds is 0. The van der Waals surface area contributed by atoms with E-state index in [-0.39, 0.29) is 0 Å². The predicted octanol–water partition coefficient (Wildman–Crippen LogP) is 1.35. The molecule has 0 bridgehead atoms. The SMILES string of the molecule is C1=C[C+]C=CC=1. The van der Waals surface area contributed by atoms with E-state index in [0.717, 1.165) is 0 Å². The van der Waals surface area contributed by atoms with Crippen LogP contribution < -0.4 is 0 Å². The molecular weight excluding hydrogens is 72.1 g/mol. The van der Waals surface area contributed by atoms with Gasteiger partial charge >= 0.3 is 0 Å². The van der Waals surface area contributed by atoms with Gasteiger partial charge in [0.15, 0.2) is 0 Å². The monoisotopic (exact) mass is 76.0 g/mol. The molecule has 0 unspecified atom stereocenters. The van der Waals surface area contributed by atoms with Gasteiger partial charge in [0.2, 0.25) is 0 Å². The Morgan fingerprint density at radius 2 is 2.50 bits per heavy atom. The third-order valence-electron chi connectivity index (χ3n) is 0.552. The summed E-state index contributed by atoms with van der Waals surface area (Å²) in [5.74, 6) is 0. The summed E-state index contributed by atoms with van der Waals surface area (Å²) < 4.78 is 0. The summed E-state index contributed by atoms with van der Waals surface area (Å²) in [5.41, 5.74) is 2.84. The summed E-state index contributed by atoms with van der Waals surface area (Å²) in [6.07, 6.45) is 10.2. The fourth-order valence-electron chi connectivity index (χ4n) is 0.304. The summed E-state index contributed by atoms with van der Waals surface area (Å²) in [4.78, 5) is 0. The average molecular weight is 76.1 g/mol. The molecule has 0 aromatic heterocycles. The molecule has 0 atom stereocenters. The van der Waals surface area contributed by atoms with Crippen molar-refractivity contribution in [3.8, 4) is 0 Å². The molecule has 1 aliphatic rings. The minimum absolute atomic E-state index is 1.75. The summed E-state index contributed by atoms with van der Waals surface area (Å²) in [7, 11) is 0. The molecule has 0 aliphatic heterocycles. The first-order chi connectivity index (χ1) is 3.00. The van der Waals surface area contributed by atoms with Crippen LogP contribution >= 0.6 is 0 Å². The largest absolute Gasteiger partial charge is 0.149 e. The van der Waals surface area contributed by atoms with E-state index in [4.69, 9.17) is 0 Å². The first-order valence-corrected chi connectivity index (χ1v) is 1.82. The van der Waals surface area contributed by atoms with Gasteiger partial charge in [0.1, 0.15) is 18.6 Å². The summed E-state index contributed by atoms with van der Waals surface area (Å²) in [5, 5.41) is 0. The molecule has 0 spiro atoms. The van der Waals surface area contributed by atoms with Crippen LogP contribution in [0.25, 0.3) is 0 Å². The highest BCUT2D eigenvalue weighted by atomic mass is 13.7. The molecule has 0 saturated heterocycles. The van der Waals surface area contributed by atoms with Gasteiger partial charge < -0.3 is 0 Å². The van der Waals surface area contributed by atoms with E-state index < -0.39 is 0 Å². The van der Waals surface area contributed by atoms with Gasteiger partial charge in [-0.1, -0.05) is 0 Å². The Morgan fingerprint density at radius 3 is 2.67 bits per heavy atom. The Bertz CT molecular complexity index is 112. The van der Waals surface area contributed by atoms with Crippen molar-refractivity contribution in [3.63, 3.8) is 0 Å². The van der Waals surface area contributed by atoms with Crippen molar-refractivity contribution in [3.05, 3.63) is 36.5 Å². The molecule has 6 heavy (non-hydrogen) atoms. The maximum absolute atomic E-state index is 2.84. The second kappa shape index (κ2) is 1.54. The number of allylic oxidation sites excluding steroid dienone is 3. The van der Waals surface area contributed by atoms with Crippen molar-refractivity contribution in [1.82, 2.24) is 0 Å². The lowest BCUT2D eigenvalue weighted by Gasteiger charge is -1.63. The predicted molar refractivity (Wildman–Crippen MR) is 25.0 cm³/mol. The highest BCUT2D eigenvalue weighted by Gasteiger charge is 1.83. The van der Waals surface area contributed by atoms with E-state index in [9.17, 15) is 0 Å². The molecule has 1 aliphatic carbocycles. The van der Waals surface area contributed by atoms with Crippen molar-refractivity contribution in [2.75, 3.05) is 0 Å². The quantitative estimate of drug-likeness (QED) is 0.302. The van der Waals surface area contributed by atoms with E-state index in [1.807, 2.05) is 18.2 Å².